The van der Waals surface area contributed by atoms with Crippen LogP contribution in [0.5, 0.6) is 0 Å². The summed E-state index contributed by atoms with van der Waals surface area (Å²) in [6, 6.07) is 13.9. The van der Waals surface area contributed by atoms with E-state index >= 15 is 0 Å². The first-order valence-corrected chi connectivity index (χ1v) is 11.3. The van der Waals surface area contributed by atoms with Crippen LogP contribution in [0.25, 0.3) is 0 Å². The summed E-state index contributed by atoms with van der Waals surface area (Å²) in [6.45, 7) is 2.34. The number of nitrogens with one attached hydrogen (secondary N) is 1. The lowest BCUT2D eigenvalue weighted by atomic mass is 9.76. The summed E-state index contributed by atoms with van der Waals surface area (Å²) >= 11 is 9.52. The van der Waals surface area contributed by atoms with Gasteiger partial charge in [0.25, 0.3) is 5.91 Å². The molecule has 0 aromatic heterocycles. The fraction of sp³-hybridized carbons (Fsp3) is 0.318. The number of benzene rings is 2. The number of hydrogen-bond acceptors (Lipinski definition) is 4. The second kappa shape index (κ2) is 6.90. The second-order valence-corrected chi connectivity index (χ2v) is 9.13. The molecule has 3 amide bonds. The highest BCUT2D eigenvalue weighted by Crippen LogP contribution is 2.55. The highest BCUT2D eigenvalue weighted by Gasteiger charge is 2.70. The highest BCUT2D eigenvalue weighted by molar-refractivity contribution is 9.09. The summed E-state index contributed by atoms with van der Waals surface area (Å²) in [5.74, 6) is -2.29. The minimum Gasteiger partial charge on any atom is -0.309 e. The van der Waals surface area contributed by atoms with Crippen LogP contribution in [0.1, 0.15) is 12.5 Å². The predicted molar refractivity (Wildman–Crippen MR) is 118 cm³/mol. The zero-order valence-corrected chi connectivity index (χ0v) is 18.5. The standard InChI is InChI=1S/C22H19BrClN3O3/c1-12-17-18(20(29)27(19(17)28)14-6-4-5-13(24)11-14)22(25-12)15-7-2-3-8-16(15)26(10-9-23)21(22)30/h2-8,11-12,17-18,25H,9-10H2,1H3/t12-,17-,18-,22-/m0/s1. The summed E-state index contributed by atoms with van der Waals surface area (Å²) in [4.78, 5) is 43.7. The number of amides is 3. The van der Waals surface area contributed by atoms with E-state index < -0.39 is 17.4 Å². The molecule has 6 nitrogen and oxygen atoms in total. The summed E-state index contributed by atoms with van der Waals surface area (Å²) in [6.07, 6.45) is 0. The summed E-state index contributed by atoms with van der Waals surface area (Å²) in [7, 11) is 0. The van der Waals surface area contributed by atoms with Crippen molar-refractivity contribution in [3.8, 4) is 0 Å². The maximum absolute atomic E-state index is 13.8. The van der Waals surface area contributed by atoms with Gasteiger partial charge in [0.15, 0.2) is 0 Å². The molecule has 4 atom stereocenters. The van der Waals surface area contributed by atoms with Gasteiger partial charge in [-0.05, 0) is 31.2 Å². The number of nitrogens with zero attached hydrogens (tertiary/aromatic N) is 2. The normalized spacial score (nSPS) is 29.8. The Morgan fingerprint density at radius 3 is 2.60 bits per heavy atom. The fourth-order valence-electron chi connectivity index (χ4n) is 5.28. The van der Waals surface area contributed by atoms with Gasteiger partial charge in [0, 0.05) is 34.2 Å². The summed E-state index contributed by atoms with van der Waals surface area (Å²) in [5, 5.41) is 4.42. The number of rotatable bonds is 3. The number of fused-ring (bicyclic) bond motifs is 4. The van der Waals surface area contributed by atoms with Gasteiger partial charge < -0.3 is 4.90 Å². The van der Waals surface area contributed by atoms with Crippen molar-refractivity contribution in [2.24, 2.45) is 11.8 Å². The molecule has 30 heavy (non-hydrogen) atoms. The van der Waals surface area contributed by atoms with Crippen LogP contribution in [0.4, 0.5) is 11.4 Å². The quantitative estimate of drug-likeness (QED) is 0.533. The third kappa shape index (κ3) is 2.43. The first-order chi connectivity index (χ1) is 14.4. The molecule has 5 rings (SSSR count). The number of carbonyl (C=O) groups excluding carboxylic acids is 3. The molecule has 1 N–H and O–H groups in total. The Bertz CT molecular complexity index is 1090. The molecule has 154 valence electrons. The lowest BCUT2D eigenvalue weighted by Crippen LogP contribution is -2.55. The third-order valence-corrected chi connectivity index (χ3v) is 6.98. The molecule has 0 bridgehead atoms. The lowest BCUT2D eigenvalue weighted by molar-refractivity contribution is -0.132. The van der Waals surface area contributed by atoms with Crippen molar-refractivity contribution >= 4 is 56.6 Å². The molecule has 1 spiro atoms. The van der Waals surface area contributed by atoms with Gasteiger partial charge in [-0.25, -0.2) is 4.90 Å². The molecule has 0 saturated carbocycles. The van der Waals surface area contributed by atoms with Crippen molar-refractivity contribution in [2.75, 3.05) is 21.7 Å². The van der Waals surface area contributed by atoms with Crippen molar-refractivity contribution in [3.63, 3.8) is 0 Å². The van der Waals surface area contributed by atoms with E-state index in [4.69, 9.17) is 11.6 Å². The summed E-state index contributed by atoms with van der Waals surface area (Å²) in [5.41, 5.74) is 0.724. The van der Waals surface area contributed by atoms with Crippen LogP contribution in [0, 0.1) is 11.8 Å². The van der Waals surface area contributed by atoms with Gasteiger partial charge in [-0.1, -0.05) is 51.8 Å². The van der Waals surface area contributed by atoms with Gasteiger partial charge in [-0.15, -0.1) is 0 Å². The molecular weight excluding hydrogens is 470 g/mol. The zero-order chi connectivity index (χ0) is 21.2. The number of hydrogen-bond donors (Lipinski definition) is 1. The van der Waals surface area contributed by atoms with Crippen LogP contribution >= 0.6 is 27.5 Å². The van der Waals surface area contributed by atoms with Crippen molar-refractivity contribution in [1.29, 1.82) is 0 Å². The summed E-state index contributed by atoms with van der Waals surface area (Å²) < 4.78 is 0. The van der Waals surface area contributed by atoms with Crippen LogP contribution in [-0.4, -0.2) is 35.6 Å². The highest BCUT2D eigenvalue weighted by atomic mass is 79.9. The Morgan fingerprint density at radius 2 is 1.87 bits per heavy atom. The van der Waals surface area contributed by atoms with E-state index in [1.54, 1.807) is 29.2 Å². The number of para-hydroxylation sites is 1. The monoisotopic (exact) mass is 487 g/mol. The molecule has 0 radical (unpaired) electrons. The lowest BCUT2D eigenvalue weighted by Gasteiger charge is -2.30. The topological polar surface area (TPSA) is 69.7 Å². The van der Waals surface area contributed by atoms with Gasteiger partial charge >= 0.3 is 0 Å². The molecule has 3 aliphatic rings. The van der Waals surface area contributed by atoms with E-state index in [1.165, 1.54) is 4.90 Å². The van der Waals surface area contributed by atoms with Gasteiger partial charge in [-0.2, -0.15) is 0 Å². The largest absolute Gasteiger partial charge is 0.309 e. The Morgan fingerprint density at radius 1 is 1.10 bits per heavy atom. The fourth-order valence-corrected chi connectivity index (χ4v) is 5.82. The molecule has 3 aliphatic heterocycles. The first-order valence-electron chi connectivity index (χ1n) is 9.80. The van der Waals surface area contributed by atoms with Gasteiger partial charge in [-0.3, -0.25) is 19.7 Å². The maximum Gasteiger partial charge on any atom is 0.252 e. The Labute approximate surface area is 187 Å². The average Bonchev–Trinajstić information content (AvgIpc) is 3.27. The first kappa shape index (κ1) is 19.7. The van der Waals surface area contributed by atoms with Gasteiger partial charge in [0.1, 0.15) is 5.54 Å². The predicted octanol–water partition coefficient (Wildman–Crippen LogP) is 3.07. The Balaban J connectivity index is 1.67. The minimum atomic E-state index is -1.25. The number of anilines is 2. The van der Waals surface area contributed by atoms with E-state index in [-0.39, 0.29) is 23.8 Å². The van der Waals surface area contributed by atoms with Crippen LogP contribution in [-0.2, 0) is 19.9 Å². The molecule has 2 aromatic rings. The average molecular weight is 489 g/mol. The molecular formula is C22H19BrClN3O3. The number of imide groups is 1. The van der Waals surface area contributed by atoms with Crippen molar-refractivity contribution in [2.45, 2.75) is 18.5 Å². The van der Waals surface area contributed by atoms with E-state index in [2.05, 4.69) is 21.2 Å². The van der Waals surface area contributed by atoms with E-state index in [9.17, 15) is 14.4 Å². The van der Waals surface area contributed by atoms with Gasteiger partial charge in [0.05, 0.1) is 17.5 Å². The van der Waals surface area contributed by atoms with E-state index in [0.717, 1.165) is 11.3 Å². The smallest absolute Gasteiger partial charge is 0.252 e. The SMILES string of the molecule is C[C@@H]1N[C@]2(C(=O)N(CCBr)c3ccccc32)[C@@H]2C(=O)N(c3cccc(Cl)c3)C(=O)[C@@H]12. The van der Waals surface area contributed by atoms with Crippen molar-refractivity contribution < 1.29 is 14.4 Å². The van der Waals surface area contributed by atoms with E-state index in [1.807, 2.05) is 31.2 Å². The zero-order valence-electron chi connectivity index (χ0n) is 16.1. The van der Waals surface area contributed by atoms with Crippen molar-refractivity contribution in [3.05, 3.63) is 59.1 Å². The number of halogens is 2. The van der Waals surface area contributed by atoms with Crippen LogP contribution in [0.15, 0.2) is 48.5 Å². The molecule has 2 fully saturated rings. The number of carbonyl (C=O) groups is 3. The van der Waals surface area contributed by atoms with Crippen LogP contribution in [0.2, 0.25) is 5.02 Å². The van der Waals surface area contributed by atoms with E-state index in [0.29, 0.717) is 22.6 Å². The third-order valence-electron chi connectivity index (χ3n) is 6.39. The van der Waals surface area contributed by atoms with Crippen LogP contribution < -0.4 is 15.1 Å². The van der Waals surface area contributed by atoms with Crippen molar-refractivity contribution in [1.82, 2.24) is 5.32 Å². The number of alkyl halides is 1. The molecule has 2 aromatic carbocycles. The molecule has 2 saturated heterocycles. The maximum atomic E-state index is 13.8. The Kier molecular flexibility index (Phi) is 4.54. The molecule has 0 aliphatic carbocycles. The second-order valence-electron chi connectivity index (χ2n) is 7.90. The molecule has 0 unspecified atom stereocenters. The molecule has 8 heteroatoms. The minimum absolute atomic E-state index is 0.184. The molecule has 3 heterocycles. The van der Waals surface area contributed by atoms with Gasteiger partial charge in [0.2, 0.25) is 11.8 Å². The van der Waals surface area contributed by atoms with Crippen LogP contribution in [0.3, 0.4) is 0 Å². The Hall–Kier alpha value is -2.22.